The summed E-state index contributed by atoms with van der Waals surface area (Å²) >= 11 is 0. The number of hydrogen-bond acceptors (Lipinski definition) is 5. The van der Waals surface area contributed by atoms with Crippen LogP contribution in [0.3, 0.4) is 0 Å². The molecule has 0 fully saturated rings. The van der Waals surface area contributed by atoms with E-state index in [0.29, 0.717) is 0 Å². The first-order valence-electron chi connectivity index (χ1n) is 24.7. The van der Waals surface area contributed by atoms with E-state index in [1.165, 1.54) is 125 Å². The number of benzene rings is 4. The molecule has 0 amide bonds. The SMILES string of the molecule is CCCCCCCc1cnc(-c2ccc(C(OC(c3ccc(CCCCC)cc3)c3ccc(-c4ncc(CCCCCCC)cn4)cc3)c3ccc(CCCCC)cc3)cc2)nc1. The van der Waals surface area contributed by atoms with Crippen molar-refractivity contribution in [3.63, 3.8) is 0 Å². The molecule has 0 aliphatic carbocycles. The fourth-order valence-corrected chi connectivity index (χ4v) is 8.46. The molecule has 2 atom stereocenters. The number of nitrogens with zero attached hydrogens (tertiary/aromatic N) is 4. The summed E-state index contributed by atoms with van der Waals surface area (Å²) in [5.41, 5.74) is 11.6. The number of hydrogen-bond donors (Lipinski definition) is 0. The first-order chi connectivity index (χ1) is 31.1. The highest BCUT2D eigenvalue weighted by Gasteiger charge is 2.24. The zero-order valence-electron chi connectivity index (χ0n) is 39.0. The van der Waals surface area contributed by atoms with Gasteiger partial charge in [0.05, 0.1) is 0 Å². The van der Waals surface area contributed by atoms with E-state index in [0.717, 1.165) is 70.7 Å². The number of ether oxygens (including phenoxy) is 1. The van der Waals surface area contributed by atoms with Crippen LogP contribution in [0.1, 0.15) is 187 Å². The van der Waals surface area contributed by atoms with E-state index in [2.05, 4.69) is 125 Å². The molecule has 0 radical (unpaired) electrons. The molecule has 0 bridgehead atoms. The van der Waals surface area contributed by atoms with Crippen molar-refractivity contribution in [2.24, 2.45) is 0 Å². The topological polar surface area (TPSA) is 60.8 Å². The van der Waals surface area contributed by atoms with E-state index in [1.54, 1.807) is 0 Å². The number of unbranched alkanes of at least 4 members (excludes halogenated alkanes) is 12. The average molecular weight is 843 g/mol. The lowest BCUT2D eigenvalue weighted by atomic mass is 9.95. The number of aromatic nitrogens is 4. The molecule has 5 heteroatoms. The second-order valence-corrected chi connectivity index (χ2v) is 17.7. The van der Waals surface area contributed by atoms with E-state index < -0.39 is 0 Å². The largest absolute Gasteiger partial charge is 0.356 e. The zero-order valence-corrected chi connectivity index (χ0v) is 39.0. The van der Waals surface area contributed by atoms with Crippen LogP contribution >= 0.6 is 0 Å². The normalized spacial score (nSPS) is 12.4. The quantitative estimate of drug-likeness (QED) is 0.0461. The van der Waals surface area contributed by atoms with Gasteiger partial charge in [-0.2, -0.15) is 0 Å². The van der Waals surface area contributed by atoms with Gasteiger partial charge in [-0.15, -0.1) is 0 Å². The lowest BCUT2D eigenvalue weighted by Crippen LogP contribution is -2.14. The molecule has 6 aromatic rings. The fraction of sp³-hybridized carbons (Fsp3) is 0.448. The maximum absolute atomic E-state index is 7.46. The third-order valence-corrected chi connectivity index (χ3v) is 12.5. The summed E-state index contributed by atoms with van der Waals surface area (Å²) in [7, 11) is 0. The smallest absolute Gasteiger partial charge is 0.159 e. The first-order valence-corrected chi connectivity index (χ1v) is 24.7. The summed E-state index contributed by atoms with van der Waals surface area (Å²) in [6.07, 6.45) is 31.7. The minimum absolute atomic E-state index is 0.313. The predicted octanol–water partition coefficient (Wildman–Crippen LogP) is 16.0. The summed E-state index contributed by atoms with van der Waals surface area (Å²) in [5, 5.41) is 0. The fourth-order valence-electron chi connectivity index (χ4n) is 8.46. The summed E-state index contributed by atoms with van der Waals surface area (Å²) in [6, 6.07) is 35.6. The van der Waals surface area contributed by atoms with Crippen molar-refractivity contribution in [2.45, 2.75) is 168 Å². The molecule has 2 aromatic heterocycles. The molecule has 63 heavy (non-hydrogen) atoms. The maximum atomic E-state index is 7.46. The van der Waals surface area contributed by atoms with E-state index in [4.69, 9.17) is 24.7 Å². The summed E-state index contributed by atoms with van der Waals surface area (Å²) in [6.45, 7) is 9.05. The van der Waals surface area contributed by atoms with Crippen LogP contribution in [0.5, 0.6) is 0 Å². The van der Waals surface area contributed by atoms with Gasteiger partial charge < -0.3 is 4.74 Å². The molecule has 332 valence electrons. The van der Waals surface area contributed by atoms with E-state index >= 15 is 0 Å². The van der Waals surface area contributed by atoms with Crippen LogP contribution in [-0.4, -0.2) is 19.9 Å². The first kappa shape index (κ1) is 47.5. The molecule has 0 N–H and O–H groups in total. The molecule has 0 saturated heterocycles. The lowest BCUT2D eigenvalue weighted by molar-refractivity contribution is 0.0308. The highest BCUT2D eigenvalue weighted by Crippen LogP contribution is 2.38. The van der Waals surface area contributed by atoms with Gasteiger partial charge >= 0.3 is 0 Å². The van der Waals surface area contributed by atoms with Gasteiger partial charge in [0.2, 0.25) is 0 Å². The summed E-state index contributed by atoms with van der Waals surface area (Å²) in [5.74, 6) is 1.51. The van der Waals surface area contributed by atoms with Crippen LogP contribution < -0.4 is 0 Å². The maximum Gasteiger partial charge on any atom is 0.159 e. The van der Waals surface area contributed by atoms with Crippen LogP contribution in [0.25, 0.3) is 22.8 Å². The molecular weight excluding hydrogens is 769 g/mol. The Hall–Kier alpha value is -5.00. The van der Waals surface area contributed by atoms with Gasteiger partial charge in [-0.05, 0) is 95.9 Å². The molecular formula is C58H74N4O. The van der Waals surface area contributed by atoms with Crippen LogP contribution in [0.15, 0.2) is 122 Å². The number of rotatable bonds is 28. The van der Waals surface area contributed by atoms with Crippen LogP contribution in [0.4, 0.5) is 0 Å². The molecule has 0 aliphatic rings. The van der Waals surface area contributed by atoms with Gasteiger partial charge in [-0.3, -0.25) is 0 Å². The molecule has 5 nitrogen and oxygen atoms in total. The minimum Gasteiger partial charge on any atom is -0.356 e. The Morgan fingerprint density at radius 2 is 0.587 bits per heavy atom. The van der Waals surface area contributed by atoms with Gasteiger partial charge in [0, 0.05) is 35.9 Å². The molecule has 0 spiro atoms. The van der Waals surface area contributed by atoms with Crippen molar-refractivity contribution < 1.29 is 4.74 Å². The Morgan fingerprint density at radius 1 is 0.317 bits per heavy atom. The van der Waals surface area contributed by atoms with Gasteiger partial charge in [0.1, 0.15) is 12.2 Å². The number of aryl methyl sites for hydroxylation is 4. The van der Waals surface area contributed by atoms with Crippen molar-refractivity contribution in [3.05, 3.63) is 166 Å². The second-order valence-electron chi connectivity index (χ2n) is 17.7. The van der Waals surface area contributed by atoms with Crippen LogP contribution in [0.2, 0.25) is 0 Å². The molecule has 2 heterocycles. The van der Waals surface area contributed by atoms with Crippen molar-refractivity contribution in [3.8, 4) is 22.8 Å². The summed E-state index contributed by atoms with van der Waals surface area (Å²) in [4.78, 5) is 19.2. The lowest BCUT2D eigenvalue weighted by Gasteiger charge is -2.27. The minimum atomic E-state index is -0.313. The van der Waals surface area contributed by atoms with E-state index in [-0.39, 0.29) is 12.2 Å². The van der Waals surface area contributed by atoms with Crippen LogP contribution in [0, 0.1) is 0 Å². The molecule has 4 aromatic carbocycles. The van der Waals surface area contributed by atoms with Gasteiger partial charge in [-0.25, -0.2) is 19.9 Å². The summed E-state index contributed by atoms with van der Waals surface area (Å²) < 4.78 is 7.46. The Bertz CT molecular complexity index is 1970. The van der Waals surface area contributed by atoms with E-state index in [1.807, 2.05) is 24.8 Å². The monoisotopic (exact) mass is 843 g/mol. The Labute approximate surface area is 380 Å². The van der Waals surface area contributed by atoms with E-state index in [9.17, 15) is 0 Å². The standard InChI is InChI=1S/C58H74N4O/c1-5-9-13-15-19-23-47-41-59-57(60-42-47)53-37-33-51(34-38-53)55(49-29-25-45(26-30-49)21-17-11-7-3)63-56(50-31-27-46(28-32-50)22-18-12-8-4)52-35-39-54(40-36-52)58-61-43-48(44-62-58)24-20-16-14-10-6-2/h25-44,55-56H,5-24H2,1-4H3. The Balaban J connectivity index is 1.27. The molecule has 6 rings (SSSR count). The third kappa shape index (κ3) is 15.1. The van der Waals surface area contributed by atoms with Crippen molar-refractivity contribution in [1.82, 2.24) is 19.9 Å². The highest BCUT2D eigenvalue weighted by molar-refractivity contribution is 5.57. The average Bonchev–Trinajstić information content (AvgIpc) is 3.33. The van der Waals surface area contributed by atoms with Crippen LogP contribution in [-0.2, 0) is 30.4 Å². The predicted molar refractivity (Wildman–Crippen MR) is 264 cm³/mol. The van der Waals surface area contributed by atoms with Gasteiger partial charge in [0.15, 0.2) is 11.6 Å². The van der Waals surface area contributed by atoms with Crippen molar-refractivity contribution in [2.75, 3.05) is 0 Å². The molecule has 0 aliphatic heterocycles. The van der Waals surface area contributed by atoms with Gasteiger partial charge in [0.25, 0.3) is 0 Å². The zero-order chi connectivity index (χ0) is 43.9. The van der Waals surface area contributed by atoms with Crippen molar-refractivity contribution >= 4 is 0 Å². The second kappa shape index (κ2) is 26.6. The van der Waals surface area contributed by atoms with Crippen molar-refractivity contribution in [1.29, 1.82) is 0 Å². The molecule has 2 unspecified atom stereocenters. The Morgan fingerprint density at radius 3 is 0.921 bits per heavy atom. The third-order valence-electron chi connectivity index (χ3n) is 12.5. The van der Waals surface area contributed by atoms with Gasteiger partial charge in [-0.1, -0.05) is 202 Å². The molecule has 0 saturated carbocycles. The highest BCUT2D eigenvalue weighted by atomic mass is 16.5. The Kier molecular flexibility index (Phi) is 20.0.